The van der Waals surface area contributed by atoms with Crippen LogP contribution in [-0.2, 0) is 10.2 Å². The molecule has 0 fully saturated rings. The van der Waals surface area contributed by atoms with Crippen LogP contribution < -0.4 is 5.32 Å². The summed E-state index contributed by atoms with van der Waals surface area (Å²) >= 11 is 0. The Bertz CT molecular complexity index is 376. The van der Waals surface area contributed by atoms with Crippen molar-refractivity contribution < 1.29 is 4.74 Å². The number of aromatic nitrogens is 1. The van der Waals surface area contributed by atoms with E-state index in [4.69, 9.17) is 4.74 Å². The summed E-state index contributed by atoms with van der Waals surface area (Å²) in [7, 11) is 0. The first kappa shape index (κ1) is 14.7. The topological polar surface area (TPSA) is 34.1 Å². The molecular weight excluding hydrogens is 224 g/mol. The highest BCUT2D eigenvalue weighted by Gasteiger charge is 2.13. The predicted octanol–water partition coefficient (Wildman–Crippen LogP) is 3.38. The number of nitrogens with zero attached hydrogens (tertiary/aromatic N) is 1. The zero-order valence-corrected chi connectivity index (χ0v) is 11.9. The third-order valence-corrected chi connectivity index (χ3v) is 2.53. The van der Waals surface area contributed by atoms with E-state index < -0.39 is 0 Å². The van der Waals surface area contributed by atoms with Crippen molar-refractivity contribution in [3.63, 3.8) is 0 Å². The molecule has 0 aliphatic carbocycles. The second kappa shape index (κ2) is 6.55. The van der Waals surface area contributed by atoms with E-state index in [1.165, 1.54) is 5.56 Å². The second-order valence-corrected chi connectivity index (χ2v) is 5.62. The molecule has 0 unspecified atom stereocenters. The van der Waals surface area contributed by atoms with Crippen molar-refractivity contribution in [1.82, 2.24) is 4.98 Å². The van der Waals surface area contributed by atoms with Gasteiger partial charge in [-0.05, 0) is 24.0 Å². The Morgan fingerprint density at radius 3 is 2.61 bits per heavy atom. The fraction of sp³-hybridized carbons (Fsp3) is 0.533. The summed E-state index contributed by atoms with van der Waals surface area (Å²) in [4.78, 5) is 4.39. The second-order valence-electron chi connectivity index (χ2n) is 5.62. The van der Waals surface area contributed by atoms with Gasteiger partial charge in [0.1, 0.15) is 5.82 Å². The summed E-state index contributed by atoms with van der Waals surface area (Å²) in [5.74, 6) is 0.891. The van der Waals surface area contributed by atoms with Gasteiger partial charge in [-0.15, -0.1) is 0 Å². The lowest BCUT2D eigenvalue weighted by atomic mass is 9.88. The number of hydrogen-bond donors (Lipinski definition) is 1. The number of anilines is 1. The maximum Gasteiger partial charge on any atom is 0.125 e. The molecule has 18 heavy (non-hydrogen) atoms. The highest BCUT2D eigenvalue weighted by molar-refractivity contribution is 5.36. The van der Waals surface area contributed by atoms with Crippen molar-refractivity contribution in [2.45, 2.75) is 33.1 Å². The normalized spacial score (nSPS) is 11.3. The van der Waals surface area contributed by atoms with Crippen LogP contribution in [0.2, 0.25) is 0 Å². The Kier molecular flexibility index (Phi) is 5.35. The monoisotopic (exact) mass is 248 g/mol. The molecule has 0 saturated heterocycles. The quantitative estimate of drug-likeness (QED) is 0.619. The number of rotatable bonds is 6. The lowest BCUT2D eigenvalue weighted by molar-refractivity contribution is 0.167. The molecule has 0 aliphatic rings. The lowest BCUT2D eigenvalue weighted by Gasteiger charge is -2.18. The van der Waals surface area contributed by atoms with Crippen LogP contribution >= 0.6 is 0 Å². The van der Waals surface area contributed by atoms with E-state index >= 15 is 0 Å². The van der Waals surface area contributed by atoms with Crippen molar-refractivity contribution in [3.05, 3.63) is 36.0 Å². The number of ether oxygens (including phenoxy) is 1. The summed E-state index contributed by atoms with van der Waals surface area (Å²) < 4.78 is 5.40. The van der Waals surface area contributed by atoms with Gasteiger partial charge in [0.05, 0.1) is 13.2 Å². The first-order valence-corrected chi connectivity index (χ1v) is 6.32. The third kappa shape index (κ3) is 5.32. The molecule has 1 rings (SSSR count). The van der Waals surface area contributed by atoms with Crippen LogP contribution in [-0.4, -0.2) is 24.7 Å². The minimum atomic E-state index is 0.149. The van der Waals surface area contributed by atoms with Gasteiger partial charge >= 0.3 is 0 Å². The van der Waals surface area contributed by atoms with Crippen molar-refractivity contribution in [1.29, 1.82) is 0 Å². The zero-order chi connectivity index (χ0) is 13.6. The Labute approximate surface area is 110 Å². The van der Waals surface area contributed by atoms with E-state index in [0.717, 1.165) is 17.9 Å². The Morgan fingerprint density at radius 2 is 2.11 bits per heavy atom. The molecule has 1 aromatic rings. The van der Waals surface area contributed by atoms with Gasteiger partial charge in [0, 0.05) is 12.7 Å². The van der Waals surface area contributed by atoms with E-state index in [-0.39, 0.29) is 5.41 Å². The number of hydrogen-bond acceptors (Lipinski definition) is 3. The van der Waals surface area contributed by atoms with Crippen molar-refractivity contribution >= 4 is 5.82 Å². The maximum absolute atomic E-state index is 5.40. The van der Waals surface area contributed by atoms with Crippen LogP contribution in [0.1, 0.15) is 33.3 Å². The van der Waals surface area contributed by atoms with Crippen LogP contribution in [0.3, 0.4) is 0 Å². The maximum atomic E-state index is 5.40. The van der Waals surface area contributed by atoms with E-state index in [2.05, 4.69) is 43.7 Å². The lowest BCUT2D eigenvalue weighted by Crippen LogP contribution is -2.13. The van der Waals surface area contributed by atoms with Crippen LogP contribution in [0.4, 0.5) is 5.82 Å². The third-order valence-electron chi connectivity index (χ3n) is 2.53. The van der Waals surface area contributed by atoms with Crippen molar-refractivity contribution in [2.24, 2.45) is 0 Å². The summed E-state index contributed by atoms with van der Waals surface area (Å²) in [6.07, 6.45) is 1.93. The van der Waals surface area contributed by atoms with Crippen molar-refractivity contribution in [2.75, 3.05) is 25.1 Å². The fourth-order valence-electron chi connectivity index (χ4n) is 1.44. The first-order valence-electron chi connectivity index (χ1n) is 6.32. The van der Waals surface area contributed by atoms with Gasteiger partial charge in [0.15, 0.2) is 0 Å². The van der Waals surface area contributed by atoms with E-state index in [1.807, 2.05) is 19.2 Å². The molecule has 1 N–H and O–H groups in total. The number of pyridine rings is 1. The average molecular weight is 248 g/mol. The standard InChI is InChI=1S/C15H24N2O/c1-12(2)11-18-9-8-16-14-7-6-13(10-17-14)15(3,4)5/h6-7,10H,1,8-9,11H2,2-5H3,(H,16,17). The minimum absolute atomic E-state index is 0.149. The summed E-state index contributed by atoms with van der Waals surface area (Å²) in [6.45, 7) is 14.3. The molecule has 0 aromatic carbocycles. The zero-order valence-electron chi connectivity index (χ0n) is 11.9. The molecule has 0 saturated carbocycles. The summed E-state index contributed by atoms with van der Waals surface area (Å²) in [5.41, 5.74) is 2.44. The highest BCUT2D eigenvalue weighted by atomic mass is 16.5. The van der Waals surface area contributed by atoms with Gasteiger partial charge in [-0.2, -0.15) is 0 Å². The molecule has 100 valence electrons. The predicted molar refractivity (Wildman–Crippen MR) is 77.1 cm³/mol. The van der Waals surface area contributed by atoms with E-state index in [9.17, 15) is 0 Å². The summed E-state index contributed by atoms with van der Waals surface area (Å²) in [5, 5.41) is 3.23. The minimum Gasteiger partial charge on any atom is -0.375 e. The van der Waals surface area contributed by atoms with Crippen LogP contribution in [0.15, 0.2) is 30.5 Å². The van der Waals surface area contributed by atoms with Gasteiger partial charge in [-0.25, -0.2) is 4.98 Å². The average Bonchev–Trinajstić information content (AvgIpc) is 2.27. The van der Waals surface area contributed by atoms with Gasteiger partial charge in [-0.1, -0.05) is 39.0 Å². The van der Waals surface area contributed by atoms with Crippen molar-refractivity contribution in [3.8, 4) is 0 Å². The molecular formula is C15H24N2O. The van der Waals surface area contributed by atoms with E-state index in [0.29, 0.717) is 13.2 Å². The molecule has 0 spiro atoms. The smallest absolute Gasteiger partial charge is 0.125 e. The van der Waals surface area contributed by atoms with Gasteiger partial charge in [0.25, 0.3) is 0 Å². The molecule has 0 amide bonds. The van der Waals surface area contributed by atoms with E-state index in [1.54, 1.807) is 0 Å². The molecule has 3 heteroatoms. The SMILES string of the molecule is C=C(C)COCCNc1ccc(C(C)(C)C)cn1. The number of nitrogens with one attached hydrogen (secondary N) is 1. The molecule has 3 nitrogen and oxygen atoms in total. The molecule has 1 aromatic heterocycles. The molecule has 0 bridgehead atoms. The highest BCUT2D eigenvalue weighted by Crippen LogP contribution is 2.21. The Balaban J connectivity index is 2.33. The van der Waals surface area contributed by atoms with Crippen LogP contribution in [0.25, 0.3) is 0 Å². The first-order chi connectivity index (χ1) is 8.39. The van der Waals surface area contributed by atoms with Gasteiger partial charge in [-0.3, -0.25) is 0 Å². The van der Waals surface area contributed by atoms with Gasteiger partial charge < -0.3 is 10.1 Å². The van der Waals surface area contributed by atoms with Crippen LogP contribution in [0, 0.1) is 0 Å². The fourth-order valence-corrected chi connectivity index (χ4v) is 1.44. The molecule has 0 radical (unpaired) electrons. The molecule has 1 heterocycles. The largest absolute Gasteiger partial charge is 0.375 e. The Morgan fingerprint density at radius 1 is 1.39 bits per heavy atom. The van der Waals surface area contributed by atoms with Crippen LogP contribution in [0.5, 0.6) is 0 Å². The molecule has 0 aliphatic heterocycles. The summed E-state index contributed by atoms with van der Waals surface area (Å²) in [6, 6.07) is 4.13. The Hall–Kier alpha value is -1.35. The van der Waals surface area contributed by atoms with Gasteiger partial charge in [0.2, 0.25) is 0 Å². The molecule has 0 atom stereocenters.